The van der Waals surface area contributed by atoms with Crippen molar-refractivity contribution in [2.75, 3.05) is 4.90 Å². The molecule has 0 N–H and O–H groups in total. The van der Waals surface area contributed by atoms with Crippen LogP contribution < -0.4 is 4.90 Å². The van der Waals surface area contributed by atoms with Gasteiger partial charge < -0.3 is 9.47 Å². The molecule has 1 heterocycles. The standard InChI is InChI=1S/C64H44N2/c1-4-17-45(18-5-1)46-33-35-47(36-34-46)48-37-40-54(41-38-48)65(61-31-12-10-27-57(61)59-30-16-22-50-21-15-29-56(64(50)59)49-19-6-2-7-20-49)55-26-14-23-51(43-55)52-39-42-63-60(44-52)58-28-11-13-32-62(58)66(63)53-24-8-3-9-25-53/h1-44H. The van der Waals surface area contributed by atoms with Gasteiger partial charge in [0.2, 0.25) is 0 Å². The molecule has 11 aromatic carbocycles. The SMILES string of the molecule is c1ccc(-c2ccc(-c3ccc(N(c4cccc(-c5ccc6c(c5)c5ccccc5n6-c5ccccc5)c4)c4ccccc4-c4cccc5cccc(-c6ccccc6)c45)cc3)cc2)cc1. The Hall–Kier alpha value is -8.72. The van der Waals surface area contributed by atoms with Crippen molar-refractivity contribution in [3.05, 3.63) is 267 Å². The Morgan fingerprint density at radius 3 is 1.50 bits per heavy atom. The topological polar surface area (TPSA) is 8.17 Å². The third-order valence-corrected chi connectivity index (χ3v) is 13.0. The van der Waals surface area contributed by atoms with Gasteiger partial charge in [0.15, 0.2) is 0 Å². The summed E-state index contributed by atoms with van der Waals surface area (Å²) in [5, 5.41) is 4.93. The monoisotopic (exact) mass is 840 g/mol. The fourth-order valence-electron chi connectivity index (χ4n) is 9.87. The third kappa shape index (κ3) is 7.02. The molecular weight excluding hydrogens is 797 g/mol. The van der Waals surface area contributed by atoms with E-state index in [1.165, 1.54) is 77.1 Å². The lowest BCUT2D eigenvalue weighted by molar-refractivity contribution is 1.18. The number of para-hydroxylation sites is 3. The van der Waals surface area contributed by atoms with Crippen molar-refractivity contribution in [1.82, 2.24) is 4.57 Å². The average Bonchev–Trinajstić information content (AvgIpc) is 3.73. The van der Waals surface area contributed by atoms with Gasteiger partial charge in [-0.2, -0.15) is 0 Å². The summed E-state index contributed by atoms with van der Waals surface area (Å²) in [6.45, 7) is 0. The molecule has 1 aromatic heterocycles. The normalized spacial score (nSPS) is 11.3. The van der Waals surface area contributed by atoms with Crippen LogP contribution in [0.25, 0.3) is 93.9 Å². The fraction of sp³-hybridized carbons (Fsp3) is 0. The maximum Gasteiger partial charge on any atom is 0.0541 e. The Balaban J connectivity index is 1.01. The minimum Gasteiger partial charge on any atom is -0.310 e. The van der Waals surface area contributed by atoms with Crippen LogP contribution in [0.3, 0.4) is 0 Å². The Morgan fingerprint density at radius 1 is 0.273 bits per heavy atom. The highest BCUT2D eigenvalue weighted by molar-refractivity contribution is 6.11. The molecule has 0 spiro atoms. The van der Waals surface area contributed by atoms with E-state index in [-0.39, 0.29) is 0 Å². The Kier molecular flexibility index (Phi) is 9.89. The smallest absolute Gasteiger partial charge is 0.0541 e. The molecule has 0 bridgehead atoms. The van der Waals surface area contributed by atoms with Crippen LogP contribution in [0.4, 0.5) is 17.1 Å². The minimum absolute atomic E-state index is 1.08. The number of fused-ring (bicyclic) bond motifs is 4. The predicted molar refractivity (Wildman–Crippen MR) is 280 cm³/mol. The van der Waals surface area contributed by atoms with Crippen molar-refractivity contribution in [3.8, 4) is 61.3 Å². The van der Waals surface area contributed by atoms with E-state index in [9.17, 15) is 0 Å². The van der Waals surface area contributed by atoms with Gasteiger partial charge in [-0.1, -0.05) is 206 Å². The Morgan fingerprint density at radius 2 is 0.773 bits per heavy atom. The first-order valence-corrected chi connectivity index (χ1v) is 22.7. The van der Waals surface area contributed by atoms with Crippen LogP contribution in [-0.2, 0) is 0 Å². The zero-order chi connectivity index (χ0) is 43.8. The predicted octanol–water partition coefficient (Wildman–Crippen LogP) is 17.7. The van der Waals surface area contributed by atoms with E-state index in [0.29, 0.717) is 0 Å². The first kappa shape index (κ1) is 38.9. The quantitative estimate of drug-likeness (QED) is 0.141. The fourth-order valence-corrected chi connectivity index (χ4v) is 9.87. The van der Waals surface area contributed by atoms with Crippen LogP contribution in [0, 0.1) is 0 Å². The molecule has 2 heteroatoms. The Labute approximate surface area is 385 Å². The number of rotatable bonds is 9. The van der Waals surface area contributed by atoms with E-state index in [4.69, 9.17) is 0 Å². The summed E-state index contributed by atoms with van der Waals surface area (Å²) in [4.78, 5) is 2.44. The maximum absolute atomic E-state index is 2.44. The number of benzene rings is 11. The average molecular weight is 841 g/mol. The van der Waals surface area contributed by atoms with Crippen molar-refractivity contribution in [1.29, 1.82) is 0 Å². The van der Waals surface area contributed by atoms with Crippen molar-refractivity contribution in [3.63, 3.8) is 0 Å². The second-order valence-corrected chi connectivity index (χ2v) is 16.9. The van der Waals surface area contributed by atoms with E-state index in [0.717, 1.165) is 33.9 Å². The maximum atomic E-state index is 2.44. The van der Waals surface area contributed by atoms with Crippen LogP contribution >= 0.6 is 0 Å². The van der Waals surface area contributed by atoms with Crippen molar-refractivity contribution in [2.24, 2.45) is 0 Å². The molecule has 0 atom stereocenters. The summed E-state index contributed by atoms with van der Waals surface area (Å²) < 4.78 is 2.38. The molecule has 0 fully saturated rings. The molecule has 0 aliphatic rings. The van der Waals surface area contributed by atoms with Crippen molar-refractivity contribution in [2.45, 2.75) is 0 Å². The van der Waals surface area contributed by atoms with Gasteiger partial charge in [-0.25, -0.2) is 0 Å². The van der Waals surface area contributed by atoms with Gasteiger partial charge in [-0.05, 0) is 122 Å². The van der Waals surface area contributed by atoms with Gasteiger partial charge in [0.1, 0.15) is 0 Å². The molecular formula is C64H44N2. The van der Waals surface area contributed by atoms with Gasteiger partial charge in [0.25, 0.3) is 0 Å². The van der Waals surface area contributed by atoms with E-state index in [2.05, 4.69) is 276 Å². The summed E-state index contributed by atoms with van der Waals surface area (Å²) in [7, 11) is 0. The molecule has 310 valence electrons. The van der Waals surface area contributed by atoms with Crippen LogP contribution in [0.1, 0.15) is 0 Å². The minimum atomic E-state index is 1.08. The molecule has 12 aromatic rings. The van der Waals surface area contributed by atoms with Gasteiger partial charge >= 0.3 is 0 Å². The molecule has 66 heavy (non-hydrogen) atoms. The summed E-state index contributed by atoms with van der Waals surface area (Å²) >= 11 is 0. The van der Waals surface area contributed by atoms with Gasteiger partial charge in [-0.3, -0.25) is 0 Å². The number of hydrogen-bond donors (Lipinski definition) is 0. The zero-order valence-electron chi connectivity index (χ0n) is 36.3. The number of nitrogens with zero attached hydrogens (tertiary/aromatic N) is 2. The third-order valence-electron chi connectivity index (χ3n) is 13.0. The summed E-state index contributed by atoms with van der Waals surface area (Å²) in [5.74, 6) is 0. The highest BCUT2D eigenvalue weighted by Crippen LogP contribution is 2.46. The first-order valence-electron chi connectivity index (χ1n) is 22.7. The van der Waals surface area contributed by atoms with Gasteiger partial charge in [0.05, 0.1) is 16.7 Å². The zero-order valence-corrected chi connectivity index (χ0v) is 36.3. The van der Waals surface area contributed by atoms with E-state index < -0.39 is 0 Å². The molecule has 12 rings (SSSR count). The molecule has 0 unspecified atom stereocenters. The molecule has 0 aliphatic heterocycles. The number of anilines is 3. The highest BCUT2D eigenvalue weighted by atomic mass is 15.1. The van der Waals surface area contributed by atoms with Crippen LogP contribution in [0.5, 0.6) is 0 Å². The van der Waals surface area contributed by atoms with E-state index in [1.807, 2.05) is 0 Å². The summed E-state index contributed by atoms with van der Waals surface area (Å²) in [5.41, 5.74) is 18.7. The number of hydrogen-bond acceptors (Lipinski definition) is 1. The Bertz CT molecular complexity index is 3660. The molecule has 0 saturated heterocycles. The largest absolute Gasteiger partial charge is 0.310 e. The van der Waals surface area contributed by atoms with Crippen molar-refractivity contribution >= 4 is 49.6 Å². The van der Waals surface area contributed by atoms with E-state index >= 15 is 0 Å². The molecule has 2 nitrogen and oxygen atoms in total. The molecule has 0 aliphatic carbocycles. The van der Waals surface area contributed by atoms with E-state index in [1.54, 1.807) is 0 Å². The lowest BCUT2D eigenvalue weighted by Gasteiger charge is -2.29. The van der Waals surface area contributed by atoms with Crippen LogP contribution in [0.15, 0.2) is 267 Å². The molecule has 0 saturated carbocycles. The van der Waals surface area contributed by atoms with Crippen LogP contribution in [-0.4, -0.2) is 4.57 Å². The summed E-state index contributed by atoms with van der Waals surface area (Å²) in [6, 6.07) is 96.9. The number of aromatic nitrogens is 1. The highest BCUT2D eigenvalue weighted by Gasteiger charge is 2.21. The second kappa shape index (κ2) is 16.8. The van der Waals surface area contributed by atoms with Gasteiger partial charge in [0, 0.05) is 33.4 Å². The molecule has 0 amide bonds. The lowest BCUT2D eigenvalue weighted by atomic mass is 9.90. The van der Waals surface area contributed by atoms with Gasteiger partial charge in [-0.15, -0.1) is 0 Å². The summed E-state index contributed by atoms with van der Waals surface area (Å²) in [6.07, 6.45) is 0. The first-order chi connectivity index (χ1) is 32.7. The molecule has 0 radical (unpaired) electrons. The lowest BCUT2D eigenvalue weighted by Crippen LogP contribution is -2.11. The van der Waals surface area contributed by atoms with Crippen molar-refractivity contribution < 1.29 is 0 Å². The van der Waals surface area contributed by atoms with Crippen LogP contribution in [0.2, 0.25) is 0 Å². The second-order valence-electron chi connectivity index (χ2n) is 16.9.